The molecule has 1 aliphatic heterocycles. The largest absolute Gasteiger partial charge is 0.340 e. The van der Waals surface area contributed by atoms with E-state index in [0.717, 1.165) is 12.0 Å². The zero-order valence-electron chi connectivity index (χ0n) is 16.5. The van der Waals surface area contributed by atoms with Crippen LogP contribution >= 0.6 is 0 Å². The van der Waals surface area contributed by atoms with Crippen LogP contribution in [-0.2, 0) is 20.2 Å². The predicted molar refractivity (Wildman–Crippen MR) is 105 cm³/mol. The fourth-order valence-electron chi connectivity index (χ4n) is 3.26. The third-order valence-electron chi connectivity index (χ3n) is 4.99. The van der Waals surface area contributed by atoms with Gasteiger partial charge < -0.3 is 4.90 Å². The first-order valence-electron chi connectivity index (χ1n) is 9.40. The van der Waals surface area contributed by atoms with Gasteiger partial charge in [0, 0.05) is 32.3 Å². The van der Waals surface area contributed by atoms with E-state index >= 15 is 0 Å². The Morgan fingerprint density at radius 3 is 2.57 bits per heavy atom. The van der Waals surface area contributed by atoms with Crippen molar-refractivity contribution in [2.75, 3.05) is 19.6 Å². The highest BCUT2D eigenvalue weighted by atomic mass is 32.2. The van der Waals surface area contributed by atoms with Gasteiger partial charge in [-0.05, 0) is 29.5 Å². The van der Waals surface area contributed by atoms with Crippen LogP contribution in [0, 0.1) is 0 Å². The Kier molecular flexibility index (Phi) is 5.85. The summed E-state index contributed by atoms with van der Waals surface area (Å²) in [5.74, 6) is -0.0617. The Labute approximate surface area is 166 Å². The highest BCUT2D eigenvalue weighted by Crippen LogP contribution is 2.23. The molecule has 1 N–H and O–H groups in total. The molecule has 0 unspecified atom stereocenters. The molecule has 9 heteroatoms. The van der Waals surface area contributed by atoms with E-state index in [9.17, 15) is 13.2 Å². The Balaban J connectivity index is 1.50. The van der Waals surface area contributed by atoms with Gasteiger partial charge in [0.05, 0.1) is 17.1 Å². The lowest BCUT2D eigenvalue weighted by Gasteiger charge is -2.19. The number of amides is 1. The third-order valence-corrected chi connectivity index (χ3v) is 6.47. The second-order valence-corrected chi connectivity index (χ2v) is 9.85. The summed E-state index contributed by atoms with van der Waals surface area (Å²) in [4.78, 5) is 14.3. The number of carbonyl (C=O) groups is 1. The van der Waals surface area contributed by atoms with E-state index in [-0.39, 0.29) is 35.2 Å². The molecule has 0 saturated carbocycles. The van der Waals surface area contributed by atoms with Gasteiger partial charge in [-0.25, -0.2) is 17.8 Å². The van der Waals surface area contributed by atoms with E-state index in [1.807, 2.05) is 12.1 Å². The maximum absolute atomic E-state index is 12.4. The number of nitrogens with zero attached hydrogens (tertiary/aromatic N) is 4. The highest BCUT2D eigenvalue weighted by Gasteiger charge is 2.27. The van der Waals surface area contributed by atoms with Crippen molar-refractivity contribution in [1.29, 1.82) is 0 Å². The molecule has 1 aromatic carbocycles. The summed E-state index contributed by atoms with van der Waals surface area (Å²) in [6, 6.07) is 6.99. The molecule has 1 fully saturated rings. The van der Waals surface area contributed by atoms with E-state index < -0.39 is 10.0 Å². The minimum atomic E-state index is -3.63. The second-order valence-electron chi connectivity index (χ2n) is 8.09. The molecule has 1 saturated heterocycles. The fourth-order valence-corrected chi connectivity index (χ4v) is 4.30. The summed E-state index contributed by atoms with van der Waals surface area (Å²) in [7, 11) is -3.63. The molecule has 1 aromatic heterocycles. The number of hydrogen-bond donors (Lipinski definition) is 1. The quantitative estimate of drug-likeness (QED) is 0.789. The molecule has 152 valence electrons. The first-order chi connectivity index (χ1) is 13.2. The van der Waals surface area contributed by atoms with Crippen LogP contribution < -0.4 is 4.72 Å². The van der Waals surface area contributed by atoms with Crippen LogP contribution in [0.25, 0.3) is 0 Å². The molecule has 8 nitrogen and oxygen atoms in total. The second kappa shape index (κ2) is 8.00. The third kappa shape index (κ3) is 4.77. The number of nitrogens with one attached hydrogen (secondary N) is 1. The summed E-state index contributed by atoms with van der Waals surface area (Å²) in [5.41, 5.74) is 1.03. The molecule has 1 atom stereocenters. The zero-order chi connectivity index (χ0) is 20.4. The van der Waals surface area contributed by atoms with E-state index in [2.05, 4.69) is 35.8 Å². The molecule has 1 amide bonds. The van der Waals surface area contributed by atoms with Crippen molar-refractivity contribution in [1.82, 2.24) is 24.6 Å². The van der Waals surface area contributed by atoms with E-state index in [4.69, 9.17) is 0 Å². The molecule has 0 bridgehead atoms. The predicted octanol–water partition coefficient (Wildman–Crippen LogP) is 1.72. The van der Waals surface area contributed by atoms with Crippen molar-refractivity contribution in [3.8, 4) is 0 Å². The Morgan fingerprint density at radius 2 is 1.96 bits per heavy atom. The van der Waals surface area contributed by atoms with Gasteiger partial charge in [0.25, 0.3) is 0 Å². The highest BCUT2D eigenvalue weighted by molar-refractivity contribution is 7.89. The lowest BCUT2D eigenvalue weighted by atomic mass is 9.87. The molecular weight excluding hydrogens is 378 g/mol. The minimum absolute atomic E-state index is 0.0397. The summed E-state index contributed by atoms with van der Waals surface area (Å²) >= 11 is 0. The van der Waals surface area contributed by atoms with E-state index in [0.29, 0.717) is 13.1 Å². The van der Waals surface area contributed by atoms with Gasteiger partial charge in [0.2, 0.25) is 15.9 Å². The molecule has 0 radical (unpaired) electrons. The SMILES string of the molecule is CC(C)(C)c1ccc(S(=O)(=O)NCCC(=O)N2CC[C@@H](n3ccnn3)C2)cc1. The van der Waals surface area contributed by atoms with E-state index in [1.54, 1.807) is 34.1 Å². The smallest absolute Gasteiger partial charge is 0.240 e. The van der Waals surface area contributed by atoms with Crippen LogP contribution in [0.15, 0.2) is 41.6 Å². The van der Waals surface area contributed by atoms with Crippen molar-refractivity contribution >= 4 is 15.9 Å². The number of likely N-dealkylation sites (tertiary alicyclic amines) is 1. The molecule has 28 heavy (non-hydrogen) atoms. The van der Waals surface area contributed by atoms with Crippen LogP contribution in [0.3, 0.4) is 0 Å². The van der Waals surface area contributed by atoms with Crippen LogP contribution in [0.5, 0.6) is 0 Å². The van der Waals surface area contributed by atoms with Crippen molar-refractivity contribution < 1.29 is 13.2 Å². The normalized spacial score (nSPS) is 17.8. The number of aromatic nitrogens is 3. The molecule has 1 aliphatic rings. The number of carbonyl (C=O) groups excluding carboxylic acids is 1. The topological polar surface area (TPSA) is 97.2 Å². The van der Waals surface area contributed by atoms with Gasteiger partial charge in [-0.3, -0.25) is 4.79 Å². The summed E-state index contributed by atoms with van der Waals surface area (Å²) < 4.78 is 29.2. The van der Waals surface area contributed by atoms with Crippen molar-refractivity contribution in [2.24, 2.45) is 0 Å². The van der Waals surface area contributed by atoms with Gasteiger partial charge in [-0.1, -0.05) is 38.1 Å². The zero-order valence-corrected chi connectivity index (χ0v) is 17.3. The van der Waals surface area contributed by atoms with Crippen LogP contribution in [0.1, 0.15) is 45.2 Å². The molecular formula is C19H27N5O3S. The molecule has 2 heterocycles. The number of sulfonamides is 1. The van der Waals surface area contributed by atoms with Crippen LogP contribution in [-0.4, -0.2) is 53.9 Å². The van der Waals surface area contributed by atoms with Crippen molar-refractivity contribution in [3.05, 3.63) is 42.2 Å². The first-order valence-corrected chi connectivity index (χ1v) is 10.9. The van der Waals surface area contributed by atoms with Gasteiger partial charge in [0.15, 0.2) is 0 Å². The maximum Gasteiger partial charge on any atom is 0.240 e. The fraction of sp³-hybridized carbons (Fsp3) is 0.526. The number of rotatable bonds is 6. The Morgan fingerprint density at radius 1 is 1.25 bits per heavy atom. The lowest BCUT2D eigenvalue weighted by molar-refractivity contribution is -0.130. The molecule has 0 aliphatic carbocycles. The van der Waals surface area contributed by atoms with Crippen LogP contribution in [0.4, 0.5) is 0 Å². The molecule has 2 aromatic rings. The van der Waals surface area contributed by atoms with Crippen molar-refractivity contribution in [2.45, 2.75) is 50.0 Å². The monoisotopic (exact) mass is 405 g/mol. The average Bonchev–Trinajstić information content (AvgIpc) is 3.32. The summed E-state index contributed by atoms with van der Waals surface area (Å²) in [6.07, 6.45) is 4.36. The van der Waals surface area contributed by atoms with Gasteiger partial charge in [-0.2, -0.15) is 0 Å². The Hall–Kier alpha value is -2.26. The molecule has 0 spiro atoms. The number of hydrogen-bond acceptors (Lipinski definition) is 5. The lowest BCUT2D eigenvalue weighted by Crippen LogP contribution is -2.33. The average molecular weight is 406 g/mol. The Bertz CT molecular complexity index is 902. The number of benzene rings is 1. The van der Waals surface area contributed by atoms with Gasteiger partial charge >= 0.3 is 0 Å². The summed E-state index contributed by atoms with van der Waals surface area (Å²) in [5, 5.41) is 7.77. The standard InChI is InChI=1S/C19H27N5O3S/c1-19(2,3)15-4-6-17(7-5-15)28(26,27)21-10-8-18(25)23-12-9-16(14-23)24-13-11-20-22-24/h4-7,11,13,16,21H,8-10,12,14H2,1-3H3/t16-/m1/s1. The van der Waals surface area contributed by atoms with E-state index in [1.165, 1.54) is 0 Å². The van der Waals surface area contributed by atoms with Gasteiger partial charge in [0.1, 0.15) is 0 Å². The van der Waals surface area contributed by atoms with Gasteiger partial charge in [-0.15, -0.1) is 5.10 Å². The van der Waals surface area contributed by atoms with Crippen molar-refractivity contribution in [3.63, 3.8) is 0 Å². The maximum atomic E-state index is 12.4. The first kappa shape index (κ1) is 20.5. The summed E-state index contributed by atoms with van der Waals surface area (Å²) in [6.45, 7) is 7.52. The van der Waals surface area contributed by atoms with Crippen LogP contribution in [0.2, 0.25) is 0 Å². The molecule has 3 rings (SSSR count). The minimum Gasteiger partial charge on any atom is -0.340 e.